The molecule has 3 aromatic carbocycles. The summed E-state index contributed by atoms with van der Waals surface area (Å²) in [6.45, 7) is 0. The summed E-state index contributed by atoms with van der Waals surface area (Å²) in [4.78, 5) is 12.6. The van der Waals surface area contributed by atoms with Crippen molar-refractivity contribution in [3.05, 3.63) is 72.4 Å². The van der Waals surface area contributed by atoms with E-state index in [4.69, 9.17) is 0 Å². The molecule has 0 bridgehead atoms. The van der Waals surface area contributed by atoms with Crippen LogP contribution >= 0.6 is 0 Å². The Bertz CT molecular complexity index is 982. The van der Waals surface area contributed by atoms with Gasteiger partial charge in [0.1, 0.15) is 0 Å². The van der Waals surface area contributed by atoms with Gasteiger partial charge in [-0.15, -0.1) is 0 Å². The number of aromatic nitrogens is 2. The van der Waals surface area contributed by atoms with Gasteiger partial charge in [0.25, 0.3) is 5.91 Å². The van der Waals surface area contributed by atoms with E-state index in [-0.39, 0.29) is 5.91 Å². The molecule has 2 N–H and O–H groups in total. The number of rotatable bonds is 2. The number of carbonyl (C=O) groups is 1. The maximum absolute atomic E-state index is 12.6. The summed E-state index contributed by atoms with van der Waals surface area (Å²) in [5.41, 5.74) is 2.31. The highest BCUT2D eigenvalue weighted by atomic mass is 16.1. The normalized spacial score (nSPS) is 10.9. The van der Waals surface area contributed by atoms with Crippen molar-refractivity contribution in [2.24, 2.45) is 0 Å². The van der Waals surface area contributed by atoms with Gasteiger partial charge in [-0.1, -0.05) is 36.4 Å². The minimum Gasteiger partial charge on any atom is -0.322 e. The Hall–Kier alpha value is -3.14. The maximum Gasteiger partial charge on any atom is 0.256 e. The van der Waals surface area contributed by atoms with Crippen LogP contribution in [0.2, 0.25) is 0 Å². The third kappa shape index (κ3) is 2.11. The molecule has 22 heavy (non-hydrogen) atoms. The van der Waals surface area contributed by atoms with Crippen molar-refractivity contribution in [2.75, 3.05) is 5.32 Å². The molecule has 0 radical (unpaired) electrons. The summed E-state index contributed by atoms with van der Waals surface area (Å²) in [6, 6.07) is 19.3. The number of anilines is 1. The molecule has 4 nitrogen and oxygen atoms in total. The molecule has 4 rings (SSSR count). The Labute approximate surface area is 126 Å². The second-order valence-corrected chi connectivity index (χ2v) is 5.15. The zero-order chi connectivity index (χ0) is 14.9. The molecule has 0 spiro atoms. The zero-order valence-corrected chi connectivity index (χ0v) is 11.7. The summed E-state index contributed by atoms with van der Waals surface area (Å²) in [5, 5.41) is 12.9. The van der Waals surface area contributed by atoms with Crippen LogP contribution in [0.5, 0.6) is 0 Å². The lowest BCUT2D eigenvalue weighted by Gasteiger charge is -2.08. The van der Waals surface area contributed by atoms with Gasteiger partial charge in [0.2, 0.25) is 0 Å². The fourth-order valence-corrected chi connectivity index (χ4v) is 2.64. The van der Waals surface area contributed by atoms with E-state index < -0.39 is 0 Å². The molecule has 1 heterocycles. The Morgan fingerprint density at radius 1 is 0.955 bits per heavy atom. The van der Waals surface area contributed by atoms with E-state index in [1.165, 1.54) is 0 Å². The van der Waals surface area contributed by atoms with Crippen molar-refractivity contribution in [3.8, 4) is 0 Å². The van der Waals surface area contributed by atoms with Crippen molar-refractivity contribution in [1.29, 1.82) is 0 Å². The first kappa shape index (κ1) is 12.6. The molecule has 1 aromatic heterocycles. The Kier molecular flexibility index (Phi) is 2.86. The van der Waals surface area contributed by atoms with Crippen LogP contribution in [-0.2, 0) is 0 Å². The molecule has 0 atom stereocenters. The van der Waals surface area contributed by atoms with E-state index in [1.807, 2.05) is 60.7 Å². The van der Waals surface area contributed by atoms with Gasteiger partial charge in [-0.2, -0.15) is 5.10 Å². The number of aromatic amines is 1. The molecule has 0 aliphatic carbocycles. The fraction of sp³-hybridized carbons (Fsp3) is 0. The predicted molar refractivity (Wildman–Crippen MR) is 88.0 cm³/mol. The van der Waals surface area contributed by atoms with Crippen molar-refractivity contribution < 1.29 is 4.79 Å². The van der Waals surface area contributed by atoms with E-state index in [9.17, 15) is 4.79 Å². The lowest BCUT2D eigenvalue weighted by Crippen LogP contribution is -2.12. The number of carbonyl (C=O) groups excluding carboxylic acids is 1. The van der Waals surface area contributed by atoms with Gasteiger partial charge in [-0.3, -0.25) is 9.89 Å². The standard InChI is InChI=1S/C18H13N3O/c22-18(16-7-3-5-12-4-1-2-6-15(12)16)20-14-9-8-13-11-19-21-17(13)10-14/h1-11H,(H,19,21)(H,20,22). The molecule has 0 unspecified atom stereocenters. The number of benzene rings is 3. The average molecular weight is 287 g/mol. The quantitative estimate of drug-likeness (QED) is 0.586. The van der Waals surface area contributed by atoms with E-state index in [2.05, 4.69) is 15.5 Å². The molecule has 0 saturated carbocycles. The Morgan fingerprint density at radius 3 is 2.77 bits per heavy atom. The molecule has 4 heteroatoms. The lowest BCUT2D eigenvalue weighted by molar-refractivity contribution is 0.102. The van der Waals surface area contributed by atoms with Crippen LogP contribution in [0.4, 0.5) is 5.69 Å². The minimum absolute atomic E-state index is 0.115. The largest absolute Gasteiger partial charge is 0.322 e. The number of hydrogen-bond acceptors (Lipinski definition) is 2. The first-order chi connectivity index (χ1) is 10.8. The highest BCUT2D eigenvalue weighted by molar-refractivity contribution is 6.13. The third-order valence-electron chi connectivity index (χ3n) is 3.73. The summed E-state index contributed by atoms with van der Waals surface area (Å²) in [6.07, 6.45) is 1.76. The summed E-state index contributed by atoms with van der Waals surface area (Å²) in [5.74, 6) is -0.115. The first-order valence-corrected chi connectivity index (χ1v) is 7.03. The van der Waals surface area contributed by atoms with E-state index in [0.29, 0.717) is 5.56 Å². The van der Waals surface area contributed by atoms with Gasteiger partial charge in [0.15, 0.2) is 0 Å². The average Bonchev–Trinajstić information content (AvgIpc) is 3.02. The van der Waals surface area contributed by atoms with Gasteiger partial charge in [0.05, 0.1) is 11.7 Å². The highest BCUT2D eigenvalue weighted by Crippen LogP contribution is 2.21. The summed E-state index contributed by atoms with van der Waals surface area (Å²) in [7, 11) is 0. The topological polar surface area (TPSA) is 57.8 Å². The molecular formula is C18H13N3O. The SMILES string of the molecule is O=C(Nc1ccc2cn[nH]c2c1)c1cccc2ccccc12. The van der Waals surface area contributed by atoms with Crippen molar-refractivity contribution in [1.82, 2.24) is 10.2 Å². The van der Waals surface area contributed by atoms with E-state index in [0.717, 1.165) is 27.4 Å². The summed E-state index contributed by atoms with van der Waals surface area (Å²) >= 11 is 0. The molecular weight excluding hydrogens is 274 g/mol. The molecule has 0 fully saturated rings. The summed E-state index contributed by atoms with van der Waals surface area (Å²) < 4.78 is 0. The van der Waals surface area contributed by atoms with Gasteiger partial charge < -0.3 is 5.32 Å². The van der Waals surface area contributed by atoms with E-state index >= 15 is 0 Å². The van der Waals surface area contributed by atoms with Crippen LogP contribution in [-0.4, -0.2) is 16.1 Å². The molecule has 0 saturated heterocycles. The Morgan fingerprint density at radius 2 is 1.82 bits per heavy atom. The maximum atomic E-state index is 12.6. The number of nitrogens with zero attached hydrogens (tertiary/aromatic N) is 1. The molecule has 1 amide bonds. The first-order valence-electron chi connectivity index (χ1n) is 7.03. The van der Waals surface area contributed by atoms with Crippen LogP contribution < -0.4 is 5.32 Å². The van der Waals surface area contributed by atoms with Crippen molar-refractivity contribution in [2.45, 2.75) is 0 Å². The molecule has 106 valence electrons. The lowest BCUT2D eigenvalue weighted by atomic mass is 10.0. The van der Waals surface area contributed by atoms with E-state index in [1.54, 1.807) is 6.20 Å². The van der Waals surface area contributed by atoms with Crippen molar-refractivity contribution >= 4 is 33.3 Å². The number of H-pyrrole nitrogens is 1. The van der Waals surface area contributed by atoms with Crippen molar-refractivity contribution in [3.63, 3.8) is 0 Å². The van der Waals surface area contributed by atoms with Crippen LogP contribution in [0, 0.1) is 0 Å². The second-order valence-electron chi connectivity index (χ2n) is 5.15. The monoisotopic (exact) mass is 287 g/mol. The van der Waals surface area contributed by atoms with Gasteiger partial charge in [-0.25, -0.2) is 0 Å². The smallest absolute Gasteiger partial charge is 0.256 e. The van der Waals surface area contributed by atoms with Crippen LogP contribution in [0.15, 0.2) is 66.9 Å². The zero-order valence-electron chi connectivity index (χ0n) is 11.7. The fourth-order valence-electron chi connectivity index (χ4n) is 2.64. The highest BCUT2D eigenvalue weighted by Gasteiger charge is 2.10. The number of hydrogen-bond donors (Lipinski definition) is 2. The minimum atomic E-state index is -0.115. The second kappa shape index (κ2) is 5.00. The number of fused-ring (bicyclic) bond motifs is 2. The molecule has 0 aliphatic rings. The van der Waals surface area contributed by atoms with Crippen LogP contribution in [0.25, 0.3) is 21.7 Å². The van der Waals surface area contributed by atoms with Crippen LogP contribution in [0.1, 0.15) is 10.4 Å². The molecule has 0 aliphatic heterocycles. The predicted octanol–water partition coefficient (Wildman–Crippen LogP) is 3.97. The van der Waals surface area contributed by atoms with Gasteiger partial charge >= 0.3 is 0 Å². The van der Waals surface area contributed by atoms with Gasteiger partial charge in [-0.05, 0) is 35.0 Å². The Balaban J connectivity index is 1.71. The van der Waals surface area contributed by atoms with Crippen LogP contribution in [0.3, 0.4) is 0 Å². The number of nitrogens with one attached hydrogen (secondary N) is 2. The third-order valence-corrected chi connectivity index (χ3v) is 3.73. The molecule has 4 aromatic rings. The number of amides is 1. The van der Waals surface area contributed by atoms with Gasteiger partial charge in [0, 0.05) is 16.6 Å².